The largest absolute Gasteiger partial charge is 0.486 e. The first-order valence-electron chi connectivity index (χ1n) is 6.26. The van der Waals surface area contributed by atoms with Gasteiger partial charge < -0.3 is 19.9 Å². The molecule has 0 aliphatic carbocycles. The number of hydrogen-bond donors (Lipinski definition) is 1. The van der Waals surface area contributed by atoms with E-state index < -0.39 is 0 Å². The van der Waals surface area contributed by atoms with Gasteiger partial charge in [-0.2, -0.15) is 0 Å². The Morgan fingerprint density at radius 1 is 1.10 bits per heavy atom. The number of ether oxygens (including phenoxy) is 3. The third-order valence-electron chi connectivity index (χ3n) is 3.03. The fraction of sp³-hybridized carbons (Fsp3) is 0.200. The summed E-state index contributed by atoms with van der Waals surface area (Å²) >= 11 is 3.46. The van der Waals surface area contributed by atoms with Gasteiger partial charge >= 0.3 is 0 Å². The van der Waals surface area contributed by atoms with E-state index in [2.05, 4.69) is 15.9 Å². The van der Waals surface area contributed by atoms with Gasteiger partial charge in [-0.3, -0.25) is 0 Å². The maximum absolute atomic E-state index is 5.99. The fourth-order valence-electron chi connectivity index (χ4n) is 1.98. The number of benzene rings is 2. The van der Waals surface area contributed by atoms with Gasteiger partial charge in [0.2, 0.25) is 0 Å². The third-order valence-corrected chi connectivity index (χ3v) is 3.92. The Hall–Kier alpha value is -1.88. The van der Waals surface area contributed by atoms with E-state index in [1.165, 1.54) is 0 Å². The molecule has 1 aliphatic rings. The number of fused-ring (bicyclic) bond motifs is 1. The molecule has 0 amide bonds. The first-order valence-corrected chi connectivity index (χ1v) is 7.06. The molecule has 0 bridgehead atoms. The molecule has 1 heterocycles. The molecular weight excluding hydrogens is 322 g/mol. The van der Waals surface area contributed by atoms with Crippen LogP contribution < -0.4 is 19.9 Å². The molecule has 0 atom stereocenters. The zero-order valence-corrected chi connectivity index (χ0v) is 12.6. The number of rotatable bonds is 2. The minimum Gasteiger partial charge on any atom is -0.486 e. The summed E-state index contributed by atoms with van der Waals surface area (Å²) in [5.41, 5.74) is 7.61. The molecule has 0 spiro atoms. The van der Waals surface area contributed by atoms with Gasteiger partial charge in [-0.05, 0) is 30.7 Å². The summed E-state index contributed by atoms with van der Waals surface area (Å²) in [5.74, 6) is 2.62. The van der Waals surface area contributed by atoms with Crippen molar-refractivity contribution in [3.63, 3.8) is 0 Å². The first kappa shape index (κ1) is 13.1. The van der Waals surface area contributed by atoms with Crippen molar-refractivity contribution >= 4 is 21.6 Å². The molecule has 2 aromatic rings. The van der Waals surface area contributed by atoms with Crippen molar-refractivity contribution < 1.29 is 14.2 Å². The molecular formula is C15H14BrNO3. The second kappa shape index (κ2) is 5.25. The van der Waals surface area contributed by atoms with Crippen molar-refractivity contribution in [1.29, 1.82) is 0 Å². The second-order valence-corrected chi connectivity index (χ2v) is 5.40. The van der Waals surface area contributed by atoms with E-state index in [-0.39, 0.29) is 0 Å². The summed E-state index contributed by atoms with van der Waals surface area (Å²) in [6, 6.07) is 9.27. The van der Waals surface area contributed by atoms with E-state index in [9.17, 15) is 0 Å². The van der Waals surface area contributed by atoms with Crippen LogP contribution in [0.1, 0.15) is 5.56 Å². The van der Waals surface area contributed by atoms with Crippen LogP contribution in [0.2, 0.25) is 0 Å². The Bertz CT molecular complexity index is 658. The smallest absolute Gasteiger partial charge is 0.165 e. The van der Waals surface area contributed by atoms with Crippen LogP contribution >= 0.6 is 15.9 Å². The predicted molar refractivity (Wildman–Crippen MR) is 80.8 cm³/mol. The minimum absolute atomic E-state index is 0.523. The maximum Gasteiger partial charge on any atom is 0.165 e. The van der Waals surface area contributed by atoms with Gasteiger partial charge in [0.1, 0.15) is 19.0 Å². The van der Waals surface area contributed by atoms with E-state index in [1.54, 1.807) is 12.1 Å². The van der Waals surface area contributed by atoms with Crippen LogP contribution in [0, 0.1) is 6.92 Å². The van der Waals surface area contributed by atoms with E-state index in [1.807, 2.05) is 25.1 Å². The lowest BCUT2D eigenvalue weighted by atomic mass is 10.2. The average molecular weight is 336 g/mol. The number of hydrogen-bond acceptors (Lipinski definition) is 4. The van der Waals surface area contributed by atoms with Gasteiger partial charge in [0.25, 0.3) is 0 Å². The Labute approximate surface area is 125 Å². The monoisotopic (exact) mass is 335 g/mol. The first-order chi connectivity index (χ1) is 9.63. The Morgan fingerprint density at radius 3 is 2.50 bits per heavy atom. The van der Waals surface area contributed by atoms with Gasteiger partial charge in [-0.15, -0.1) is 0 Å². The fourth-order valence-corrected chi connectivity index (χ4v) is 2.23. The Kier molecular flexibility index (Phi) is 3.44. The van der Waals surface area contributed by atoms with Gasteiger partial charge in [-0.1, -0.05) is 15.9 Å². The molecule has 0 radical (unpaired) electrons. The van der Waals surface area contributed by atoms with Crippen molar-refractivity contribution in [2.45, 2.75) is 6.92 Å². The normalized spacial score (nSPS) is 13.1. The van der Waals surface area contributed by atoms with E-state index in [0.29, 0.717) is 36.1 Å². The highest BCUT2D eigenvalue weighted by Gasteiger charge is 2.16. The maximum atomic E-state index is 5.99. The van der Waals surface area contributed by atoms with Crippen LogP contribution in [-0.2, 0) is 0 Å². The summed E-state index contributed by atoms with van der Waals surface area (Å²) < 4.78 is 17.9. The zero-order valence-electron chi connectivity index (χ0n) is 11.0. The number of nitrogens with two attached hydrogens (primary N) is 1. The molecule has 2 aromatic carbocycles. The molecule has 5 heteroatoms. The lowest BCUT2D eigenvalue weighted by Crippen LogP contribution is -2.15. The number of halogens is 1. The molecule has 3 rings (SSSR count). The topological polar surface area (TPSA) is 53.7 Å². The molecule has 20 heavy (non-hydrogen) atoms. The highest BCUT2D eigenvalue weighted by molar-refractivity contribution is 9.10. The van der Waals surface area contributed by atoms with Gasteiger partial charge in [-0.25, -0.2) is 0 Å². The molecule has 104 valence electrons. The third kappa shape index (κ3) is 2.54. The van der Waals surface area contributed by atoms with Crippen molar-refractivity contribution in [3.8, 4) is 23.0 Å². The van der Waals surface area contributed by atoms with Gasteiger partial charge in [0.15, 0.2) is 17.2 Å². The number of aryl methyl sites for hydroxylation is 1. The summed E-state index contributed by atoms with van der Waals surface area (Å²) in [5, 5.41) is 0. The van der Waals surface area contributed by atoms with Crippen molar-refractivity contribution in [2.24, 2.45) is 0 Å². The Balaban J connectivity index is 1.92. The van der Waals surface area contributed by atoms with Crippen molar-refractivity contribution in [1.82, 2.24) is 0 Å². The summed E-state index contributed by atoms with van der Waals surface area (Å²) in [4.78, 5) is 0. The molecule has 1 aliphatic heterocycles. The van der Waals surface area contributed by atoms with Crippen LogP contribution in [0.4, 0.5) is 5.69 Å². The molecule has 2 N–H and O–H groups in total. The van der Waals surface area contributed by atoms with Crippen LogP contribution in [0.25, 0.3) is 0 Å². The summed E-state index contributed by atoms with van der Waals surface area (Å²) in [6.45, 7) is 3.08. The van der Waals surface area contributed by atoms with Crippen LogP contribution in [-0.4, -0.2) is 13.2 Å². The molecule has 0 fully saturated rings. The van der Waals surface area contributed by atoms with Crippen LogP contribution in [0.5, 0.6) is 23.0 Å². The molecule has 0 unspecified atom stereocenters. The minimum atomic E-state index is 0.523. The lowest BCUT2D eigenvalue weighted by molar-refractivity contribution is 0.171. The summed E-state index contributed by atoms with van der Waals surface area (Å²) in [6.07, 6.45) is 0. The van der Waals surface area contributed by atoms with Gasteiger partial charge in [0.05, 0.1) is 5.69 Å². The molecule has 0 saturated carbocycles. The van der Waals surface area contributed by atoms with Crippen LogP contribution in [0.15, 0.2) is 34.8 Å². The number of anilines is 1. The standard InChI is InChI=1S/C15H14BrNO3/c1-9-6-10(2-3-11(9)16)20-13-8-15-14(7-12(13)17)18-4-5-19-15/h2-3,6-8H,4-5,17H2,1H3. The highest BCUT2D eigenvalue weighted by Crippen LogP contribution is 2.40. The van der Waals surface area contributed by atoms with Crippen molar-refractivity contribution in [3.05, 3.63) is 40.4 Å². The highest BCUT2D eigenvalue weighted by atomic mass is 79.9. The quantitative estimate of drug-likeness (QED) is 0.845. The average Bonchev–Trinajstić information content (AvgIpc) is 2.44. The number of nitrogen functional groups attached to an aromatic ring is 1. The molecule has 0 saturated heterocycles. The Morgan fingerprint density at radius 2 is 1.80 bits per heavy atom. The second-order valence-electron chi connectivity index (χ2n) is 4.55. The van der Waals surface area contributed by atoms with Crippen molar-refractivity contribution in [2.75, 3.05) is 18.9 Å². The summed E-state index contributed by atoms with van der Waals surface area (Å²) in [7, 11) is 0. The SMILES string of the molecule is Cc1cc(Oc2cc3c(cc2N)OCCO3)ccc1Br. The lowest BCUT2D eigenvalue weighted by Gasteiger charge is -2.20. The zero-order chi connectivity index (χ0) is 14.1. The van der Waals surface area contributed by atoms with E-state index in [4.69, 9.17) is 19.9 Å². The predicted octanol–water partition coefficient (Wildman–Crippen LogP) is 3.90. The van der Waals surface area contributed by atoms with E-state index in [0.717, 1.165) is 15.8 Å². The molecule has 0 aromatic heterocycles. The van der Waals surface area contributed by atoms with E-state index >= 15 is 0 Å². The van der Waals surface area contributed by atoms with Gasteiger partial charge in [0, 0.05) is 16.6 Å². The van der Waals surface area contributed by atoms with Crippen LogP contribution in [0.3, 0.4) is 0 Å². The molecule has 4 nitrogen and oxygen atoms in total.